The molecule has 0 rings (SSSR count). The van der Waals surface area contributed by atoms with Gasteiger partial charge >= 0.3 is 17.9 Å². The minimum atomic E-state index is -0.784. The van der Waals surface area contributed by atoms with E-state index in [1.807, 2.05) is 0 Å². The molecule has 464 valence electrons. The Labute approximate surface area is 501 Å². The number of ether oxygens (including phenoxy) is 3. The molecule has 0 fully saturated rings. The van der Waals surface area contributed by atoms with Crippen LogP contribution in [0, 0.1) is 0 Å². The van der Waals surface area contributed by atoms with Crippen LogP contribution in [-0.4, -0.2) is 37.2 Å². The van der Waals surface area contributed by atoms with Gasteiger partial charge in [-0.15, -0.1) is 0 Å². The van der Waals surface area contributed by atoms with Crippen molar-refractivity contribution < 1.29 is 28.6 Å². The van der Waals surface area contributed by atoms with Gasteiger partial charge in [0.25, 0.3) is 0 Å². The van der Waals surface area contributed by atoms with Gasteiger partial charge < -0.3 is 14.2 Å². The summed E-state index contributed by atoms with van der Waals surface area (Å²) in [4.78, 5) is 38.3. The summed E-state index contributed by atoms with van der Waals surface area (Å²) in [6, 6.07) is 0. The molecule has 0 aromatic rings. The molecule has 0 saturated carbocycles. The average molecular weight is 1130 g/mol. The molecule has 0 N–H and O–H groups in total. The number of hydrogen-bond donors (Lipinski definition) is 0. The van der Waals surface area contributed by atoms with E-state index >= 15 is 0 Å². The highest BCUT2D eigenvalue weighted by molar-refractivity contribution is 5.71. The van der Waals surface area contributed by atoms with Crippen LogP contribution in [0.4, 0.5) is 0 Å². The fraction of sp³-hybridized carbons (Fsp3) is 0.720. The van der Waals surface area contributed by atoms with Gasteiger partial charge in [0, 0.05) is 19.3 Å². The summed E-state index contributed by atoms with van der Waals surface area (Å²) in [6.45, 7) is 6.51. The molecule has 0 radical (unpaired) electrons. The Kier molecular flexibility index (Phi) is 65.2. The van der Waals surface area contributed by atoms with E-state index < -0.39 is 6.10 Å². The minimum Gasteiger partial charge on any atom is -0.462 e. The molecule has 0 bridgehead atoms. The highest BCUT2D eigenvalue weighted by atomic mass is 16.6. The van der Waals surface area contributed by atoms with Crippen molar-refractivity contribution in [1.82, 2.24) is 0 Å². The summed E-state index contributed by atoms with van der Waals surface area (Å²) in [5, 5.41) is 0. The van der Waals surface area contributed by atoms with Crippen LogP contribution in [0.5, 0.6) is 0 Å². The number of allylic oxidation sites excluding steroid dienone is 18. The van der Waals surface area contributed by atoms with Crippen molar-refractivity contribution in [3.63, 3.8) is 0 Å². The van der Waals surface area contributed by atoms with E-state index in [0.717, 1.165) is 128 Å². The van der Waals surface area contributed by atoms with Crippen LogP contribution < -0.4 is 0 Å². The minimum absolute atomic E-state index is 0.0798. The van der Waals surface area contributed by atoms with Crippen LogP contribution in [0.25, 0.3) is 0 Å². The average Bonchev–Trinajstić information content (AvgIpc) is 3.46. The van der Waals surface area contributed by atoms with Gasteiger partial charge in [-0.25, -0.2) is 0 Å². The predicted molar refractivity (Wildman–Crippen MR) is 353 cm³/mol. The number of rotatable bonds is 62. The molecular formula is C75H128O6. The lowest BCUT2D eigenvalue weighted by Gasteiger charge is -2.18. The van der Waals surface area contributed by atoms with Crippen LogP contribution in [0.2, 0.25) is 0 Å². The molecule has 6 nitrogen and oxygen atoms in total. The predicted octanol–water partition coefficient (Wildman–Crippen LogP) is 23.8. The van der Waals surface area contributed by atoms with Crippen molar-refractivity contribution in [3.05, 3.63) is 109 Å². The van der Waals surface area contributed by atoms with Crippen molar-refractivity contribution in [3.8, 4) is 0 Å². The standard InChI is InChI=1S/C75H128O6/c1-4-7-10-13-16-19-22-25-27-28-29-30-31-32-33-34-35-36-37-38-39-40-41-42-43-44-45-46-48-50-53-56-59-62-65-68-74(77)80-71-72(70-79-73(76)67-64-61-58-55-52-49-24-21-18-15-12-9-6-3)81-75(78)69-66-63-60-57-54-51-47-26-23-20-17-14-11-8-5-2/h7,10,16-17,19-20,25-27,29-30,32-33,35-36,38-39,47,72H,4-6,8-9,11-15,18,21-24,28,31,34,37,40-46,48-71H2,1-3H3/b10-7-,19-16-,20-17-,27-25-,30-29-,33-32-,36-35-,39-38-,47-26-. The van der Waals surface area contributed by atoms with Gasteiger partial charge in [0.2, 0.25) is 0 Å². The Bertz CT molecular complexity index is 1620. The summed E-state index contributed by atoms with van der Waals surface area (Å²) in [7, 11) is 0. The van der Waals surface area contributed by atoms with Crippen molar-refractivity contribution in [2.24, 2.45) is 0 Å². The van der Waals surface area contributed by atoms with Crippen LogP contribution in [-0.2, 0) is 28.6 Å². The first-order valence-electron chi connectivity index (χ1n) is 34.4. The van der Waals surface area contributed by atoms with Crippen molar-refractivity contribution >= 4 is 17.9 Å². The van der Waals surface area contributed by atoms with E-state index in [2.05, 4.69) is 130 Å². The number of esters is 3. The summed E-state index contributed by atoms with van der Waals surface area (Å²) >= 11 is 0. The smallest absolute Gasteiger partial charge is 0.306 e. The van der Waals surface area contributed by atoms with E-state index in [1.165, 1.54) is 161 Å². The topological polar surface area (TPSA) is 78.9 Å². The molecule has 6 heteroatoms. The lowest BCUT2D eigenvalue weighted by Crippen LogP contribution is -2.30. The van der Waals surface area contributed by atoms with E-state index in [-0.39, 0.29) is 31.1 Å². The van der Waals surface area contributed by atoms with E-state index in [1.54, 1.807) is 0 Å². The molecule has 1 unspecified atom stereocenters. The second-order valence-corrected chi connectivity index (χ2v) is 22.7. The maximum atomic E-state index is 12.9. The molecule has 0 aromatic carbocycles. The number of carbonyl (C=O) groups excluding carboxylic acids is 3. The summed E-state index contributed by atoms with van der Waals surface area (Å²) < 4.78 is 16.9. The zero-order chi connectivity index (χ0) is 58.5. The Hall–Kier alpha value is -3.93. The van der Waals surface area contributed by atoms with Gasteiger partial charge in [-0.1, -0.05) is 310 Å². The van der Waals surface area contributed by atoms with Gasteiger partial charge in [-0.05, 0) is 109 Å². The lowest BCUT2D eigenvalue weighted by atomic mass is 10.0. The van der Waals surface area contributed by atoms with E-state index in [0.29, 0.717) is 19.3 Å². The van der Waals surface area contributed by atoms with Crippen LogP contribution in [0.1, 0.15) is 329 Å². The van der Waals surface area contributed by atoms with Gasteiger partial charge in [-0.3, -0.25) is 14.4 Å². The quantitative estimate of drug-likeness (QED) is 0.0261. The Morgan fingerprint density at radius 2 is 0.481 bits per heavy atom. The molecule has 81 heavy (non-hydrogen) atoms. The van der Waals surface area contributed by atoms with Gasteiger partial charge in [-0.2, -0.15) is 0 Å². The normalized spacial score (nSPS) is 12.8. The first kappa shape index (κ1) is 77.1. The molecule has 0 aliphatic rings. The number of carbonyl (C=O) groups is 3. The summed E-state index contributed by atoms with van der Waals surface area (Å²) in [5.74, 6) is -0.883. The van der Waals surface area contributed by atoms with Crippen LogP contribution >= 0.6 is 0 Å². The molecule has 0 aliphatic heterocycles. The molecule has 0 saturated heterocycles. The lowest BCUT2D eigenvalue weighted by molar-refractivity contribution is -0.167. The monoisotopic (exact) mass is 1120 g/mol. The first-order valence-corrected chi connectivity index (χ1v) is 34.4. The van der Waals surface area contributed by atoms with Crippen LogP contribution in [0.3, 0.4) is 0 Å². The molecular weight excluding hydrogens is 997 g/mol. The third-order valence-corrected chi connectivity index (χ3v) is 14.8. The third-order valence-electron chi connectivity index (χ3n) is 14.8. The number of unbranched alkanes of at least 4 members (excludes halogenated alkanes) is 33. The Morgan fingerprint density at radius 1 is 0.259 bits per heavy atom. The van der Waals surface area contributed by atoms with Crippen molar-refractivity contribution in [1.29, 1.82) is 0 Å². The molecule has 0 heterocycles. The second kappa shape index (κ2) is 68.6. The summed E-state index contributed by atoms with van der Waals surface area (Å²) in [5.41, 5.74) is 0. The molecule has 0 aliphatic carbocycles. The first-order chi connectivity index (χ1) is 40.0. The van der Waals surface area contributed by atoms with Crippen molar-refractivity contribution in [2.75, 3.05) is 13.2 Å². The largest absolute Gasteiger partial charge is 0.462 e. The van der Waals surface area contributed by atoms with Gasteiger partial charge in [0.1, 0.15) is 13.2 Å². The second-order valence-electron chi connectivity index (χ2n) is 22.7. The van der Waals surface area contributed by atoms with Gasteiger partial charge in [0.15, 0.2) is 6.10 Å². The highest BCUT2D eigenvalue weighted by Crippen LogP contribution is 2.17. The fourth-order valence-electron chi connectivity index (χ4n) is 9.63. The molecule has 0 spiro atoms. The Morgan fingerprint density at radius 3 is 0.778 bits per heavy atom. The zero-order valence-corrected chi connectivity index (χ0v) is 53.3. The maximum Gasteiger partial charge on any atom is 0.306 e. The zero-order valence-electron chi connectivity index (χ0n) is 53.3. The maximum absolute atomic E-state index is 12.9. The van der Waals surface area contributed by atoms with Crippen molar-refractivity contribution in [2.45, 2.75) is 335 Å². The third kappa shape index (κ3) is 66.8. The highest BCUT2D eigenvalue weighted by Gasteiger charge is 2.19. The van der Waals surface area contributed by atoms with Crippen LogP contribution in [0.15, 0.2) is 109 Å². The van der Waals surface area contributed by atoms with E-state index in [9.17, 15) is 14.4 Å². The number of hydrogen-bond acceptors (Lipinski definition) is 6. The summed E-state index contributed by atoms with van der Waals surface area (Å²) in [6.07, 6.45) is 94.0. The van der Waals surface area contributed by atoms with Gasteiger partial charge in [0.05, 0.1) is 0 Å². The molecule has 0 aromatic heterocycles. The molecule has 0 amide bonds. The fourth-order valence-corrected chi connectivity index (χ4v) is 9.63. The Balaban J connectivity index is 4.18. The SMILES string of the molecule is CC/C=C\C/C=C\C/C=C\C/C=C\C/C=C\C/C=C\C/C=C\CCCCCCCCCCCCCCCC(=O)OCC(COC(=O)CCCCCCCCCCCCCCC)OC(=O)CCCCCCC/C=C\C/C=C\CCCCC. The molecule has 1 atom stereocenters. The van der Waals surface area contributed by atoms with E-state index in [4.69, 9.17) is 14.2 Å².